The van der Waals surface area contributed by atoms with Gasteiger partial charge < -0.3 is 0 Å². The predicted molar refractivity (Wildman–Crippen MR) is 100 cm³/mol. The van der Waals surface area contributed by atoms with E-state index in [0.717, 1.165) is 0 Å². The highest BCUT2D eigenvalue weighted by molar-refractivity contribution is 5.23. The lowest BCUT2D eigenvalue weighted by atomic mass is 10.0. The van der Waals surface area contributed by atoms with E-state index in [1.54, 1.807) is 0 Å². The molecule has 0 saturated carbocycles. The Morgan fingerprint density at radius 2 is 1.00 bits per heavy atom. The van der Waals surface area contributed by atoms with Gasteiger partial charge in [-0.2, -0.15) is 0 Å². The summed E-state index contributed by atoms with van der Waals surface area (Å²) >= 11 is 0. The van der Waals surface area contributed by atoms with Crippen molar-refractivity contribution in [2.45, 2.75) is 99.3 Å². The molecule has 0 amide bonds. The van der Waals surface area contributed by atoms with Gasteiger partial charge in [0.1, 0.15) is 0 Å². The maximum Gasteiger partial charge on any atom is -0.0279 e. The topological polar surface area (TPSA) is 0 Å². The van der Waals surface area contributed by atoms with Gasteiger partial charge in [0.05, 0.1) is 0 Å². The molecule has 0 fully saturated rings. The summed E-state index contributed by atoms with van der Waals surface area (Å²) in [6.07, 6.45) is 11.8. The molecule has 0 aromatic heterocycles. The fourth-order valence-electron chi connectivity index (χ4n) is 2.06. The van der Waals surface area contributed by atoms with Crippen LogP contribution in [0.5, 0.6) is 0 Å². The van der Waals surface area contributed by atoms with E-state index in [1.165, 1.54) is 68.9 Å². The quantitative estimate of drug-likeness (QED) is 0.463. The van der Waals surface area contributed by atoms with E-state index in [4.69, 9.17) is 0 Å². The van der Waals surface area contributed by atoms with Crippen LogP contribution in [0.25, 0.3) is 0 Å². The van der Waals surface area contributed by atoms with Gasteiger partial charge in [0.15, 0.2) is 0 Å². The van der Waals surface area contributed by atoms with E-state index in [2.05, 4.69) is 52.0 Å². The van der Waals surface area contributed by atoms with Crippen molar-refractivity contribution in [3.05, 3.63) is 35.4 Å². The molecule has 0 aliphatic carbocycles. The number of rotatable bonds is 8. The first kappa shape index (κ1) is 22.5. The largest absolute Gasteiger partial charge is 0.0683 e. The first-order valence-corrected chi connectivity index (χ1v) is 9.36. The van der Waals surface area contributed by atoms with Gasteiger partial charge in [0.25, 0.3) is 0 Å². The molecule has 1 rings (SSSR count). The summed E-state index contributed by atoms with van der Waals surface area (Å²) < 4.78 is 0. The number of aryl methyl sites for hydroxylation is 2. The van der Waals surface area contributed by atoms with Crippen LogP contribution in [0.1, 0.15) is 97.6 Å². The lowest BCUT2D eigenvalue weighted by Crippen LogP contribution is -1.89. The zero-order valence-corrected chi connectivity index (χ0v) is 15.7. The lowest BCUT2D eigenvalue weighted by Gasteiger charge is -2.04. The third-order valence-corrected chi connectivity index (χ3v) is 3.34. The summed E-state index contributed by atoms with van der Waals surface area (Å²) in [6, 6.07) is 9.09. The Morgan fingerprint density at radius 1 is 0.619 bits per heavy atom. The normalized spacial score (nSPS) is 9.24. The Balaban J connectivity index is 0. The van der Waals surface area contributed by atoms with Crippen molar-refractivity contribution in [2.75, 3.05) is 0 Å². The molecule has 0 spiro atoms. The number of hydrogen-bond acceptors (Lipinski definition) is 0. The summed E-state index contributed by atoms with van der Waals surface area (Å²) in [6.45, 7) is 12.9. The van der Waals surface area contributed by atoms with Crippen LogP contribution < -0.4 is 0 Å². The van der Waals surface area contributed by atoms with Crippen molar-refractivity contribution in [1.82, 2.24) is 0 Å². The minimum absolute atomic E-state index is 1.25. The van der Waals surface area contributed by atoms with Crippen LogP contribution in [0, 0.1) is 0 Å². The maximum absolute atomic E-state index is 2.38. The van der Waals surface area contributed by atoms with E-state index in [9.17, 15) is 0 Å². The predicted octanol–water partition coefficient (Wildman–Crippen LogP) is 7.59. The molecule has 0 unspecified atom stereocenters. The zero-order valence-electron chi connectivity index (χ0n) is 15.7. The van der Waals surface area contributed by atoms with Crippen LogP contribution >= 0.6 is 0 Å². The average molecular weight is 293 g/mol. The van der Waals surface area contributed by atoms with Crippen molar-refractivity contribution in [2.24, 2.45) is 0 Å². The second-order valence-electron chi connectivity index (χ2n) is 5.38. The van der Waals surface area contributed by atoms with Crippen LogP contribution in [-0.2, 0) is 12.8 Å². The molecular weight excluding hydrogens is 252 g/mol. The number of benzene rings is 1. The highest BCUT2D eigenvalue weighted by Gasteiger charge is 1.95. The second-order valence-corrected chi connectivity index (χ2v) is 5.38. The Kier molecular flexibility index (Phi) is 20.6. The third-order valence-electron chi connectivity index (χ3n) is 3.34. The van der Waals surface area contributed by atoms with Crippen LogP contribution in [0.2, 0.25) is 0 Å². The summed E-state index contributed by atoms with van der Waals surface area (Å²) in [5, 5.41) is 0. The van der Waals surface area contributed by atoms with Gasteiger partial charge in [-0.1, -0.05) is 97.9 Å². The monoisotopic (exact) mass is 292 g/mol. The smallest absolute Gasteiger partial charge is 0.0279 e. The summed E-state index contributed by atoms with van der Waals surface area (Å²) in [5.74, 6) is 0. The molecule has 0 bridgehead atoms. The van der Waals surface area contributed by atoms with Crippen molar-refractivity contribution in [3.8, 4) is 0 Å². The van der Waals surface area contributed by atoms with Gasteiger partial charge in [-0.3, -0.25) is 0 Å². The standard InChI is InChI=1S/C14H22.C5H12.C2H6/c1-3-5-8-13-10-7-11-14(12-13)9-6-4-2;1-3-5-4-2;1-2/h7,10-12H,3-6,8-9H2,1-2H3;3-5H2,1-2H3;1-2H3. The minimum Gasteiger partial charge on any atom is -0.0683 e. The highest BCUT2D eigenvalue weighted by Crippen LogP contribution is 2.11. The molecule has 0 nitrogen and oxygen atoms in total. The maximum atomic E-state index is 2.38. The molecule has 0 aliphatic rings. The molecule has 0 heterocycles. The van der Waals surface area contributed by atoms with E-state index >= 15 is 0 Å². The molecular formula is C21H40. The van der Waals surface area contributed by atoms with Crippen LogP contribution in [0.15, 0.2) is 24.3 Å². The van der Waals surface area contributed by atoms with E-state index in [-0.39, 0.29) is 0 Å². The van der Waals surface area contributed by atoms with Crippen molar-refractivity contribution in [3.63, 3.8) is 0 Å². The summed E-state index contributed by atoms with van der Waals surface area (Å²) in [5.41, 5.74) is 3.03. The van der Waals surface area contributed by atoms with Crippen molar-refractivity contribution >= 4 is 0 Å². The van der Waals surface area contributed by atoms with Crippen molar-refractivity contribution in [1.29, 1.82) is 0 Å². The van der Waals surface area contributed by atoms with Gasteiger partial charge in [0.2, 0.25) is 0 Å². The van der Waals surface area contributed by atoms with E-state index in [1.807, 2.05) is 13.8 Å². The molecule has 0 N–H and O–H groups in total. The Labute approximate surface area is 135 Å². The van der Waals surface area contributed by atoms with Crippen LogP contribution in [0.3, 0.4) is 0 Å². The fourth-order valence-corrected chi connectivity index (χ4v) is 2.06. The molecule has 0 saturated heterocycles. The molecule has 1 aromatic rings. The van der Waals surface area contributed by atoms with Crippen molar-refractivity contribution < 1.29 is 0 Å². The Bertz CT molecular complexity index is 263. The van der Waals surface area contributed by atoms with E-state index in [0.29, 0.717) is 0 Å². The SMILES string of the molecule is CC.CCCCC.CCCCc1cccc(CCCC)c1. The first-order chi connectivity index (χ1) is 10.3. The molecule has 1 aromatic carbocycles. The van der Waals surface area contributed by atoms with Crippen LogP contribution in [-0.4, -0.2) is 0 Å². The first-order valence-electron chi connectivity index (χ1n) is 9.36. The van der Waals surface area contributed by atoms with Gasteiger partial charge in [-0.05, 0) is 36.8 Å². The number of unbranched alkanes of at least 4 members (excludes halogenated alkanes) is 4. The average Bonchev–Trinajstić information content (AvgIpc) is 2.54. The molecule has 0 heteroatoms. The number of hydrogen-bond donors (Lipinski definition) is 0. The molecule has 21 heavy (non-hydrogen) atoms. The Morgan fingerprint density at radius 3 is 1.29 bits per heavy atom. The van der Waals surface area contributed by atoms with Gasteiger partial charge in [0, 0.05) is 0 Å². The van der Waals surface area contributed by atoms with E-state index < -0.39 is 0 Å². The summed E-state index contributed by atoms with van der Waals surface area (Å²) in [4.78, 5) is 0. The van der Waals surface area contributed by atoms with Gasteiger partial charge in [-0.25, -0.2) is 0 Å². The second kappa shape index (κ2) is 19.2. The highest BCUT2D eigenvalue weighted by atomic mass is 14.0. The summed E-state index contributed by atoms with van der Waals surface area (Å²) in [7, 11) is 0. The lowest BCUT2D eigenvalue weighted by molar-refractivity contribution is 0.772. The molecule has 0 atom stereocenters. The van der Waals surface area contributed by atoms with Gasteiger partial charge in [-0.15, -0.1) is 0 Å². The zero-order chi connectivity index (χ0) is 16.3. The minimum atomic E-state index is 1.25. The molecule has 124 valence electrons. The molecule has 0 radical (unpaired) electrons. The Hall–Kier alpha value is -0.780. The van der Waals surface area contributed by atoms with Gasteiger partial charge >= 0.3 is 0 Å². The van der Waals surface area contributed by atoms with Crippen LogP contribution in [0.4, 0.5) is 0 Å². The fraction of sp³-hybridized carbons (Fsp3) is 0.714. The third kappa shape index (κ3) is 15.4. The molecule has 0 aliphatic heterocycles.